The van der Waals surface area contributed by atoms with Gasteiger partial charge < -0.3 is 34.2 Å². The number of methoxy groups -OCH3 is 1. The first-order valence-electron chi connectivity index (χ1n) is 19.7. The molecule has 0 spiro atoms. The van der Waals surface area contributed by atoms with Crippen LogP contribution in [-0.2, 0) is 9.53 Å². The zero-order chi connectivity index (χ0) is 39.6. The zero-order valence-electron chi connectivity index (χ0n) is 31.7. The second-order valence-corrected chi connectivity index (χ2v) is 16.3. The van der Waals surface area contributed by atoms with E-state index in [9.17, 15) is 19.1 Å². The van der Waals surface area contributed by atoms with E-state index < -0.39 is 23.9 Å². The average molecular weight is 784 g/mol. The zero-order valence-corrected chi connectivity index (χ0v) is 31.7. The largest absolute Gasteiger partial charge is 0.508 e. The number of piperazine rings is 1. The number of aromatic nitrogens is 3. The molecule has 4 aliphatic heterocycles. The predicted octanol–water partition coefficient (Wildman–Crippen LogP) is 5.67. The average Bonchev–Trinajstić information content (AvgIpc) is 3.69. The van der Waals surface area contributed by atoms with Crippen LogP contribution in [0.25, 0.3) is 32.9 Å². The highest BCUT2D eigenvalue weighted by Gasteiger charge is 2.48. The van der Waals surface area contributed by atoms with Gasteiger partial charge in [-0.15, -0.1) is 6.42 Å². The summed E-state index contributed by atoms with van der Waals surface area (Å²) in [7, 11) is 1.33. The molecule has 1 aliphatic carbocycles. The van der Waals surface area contributed by atoms with E-state index in [-0.39, 0.29) is 68.8 Å². The van der Waals surface area contributed by atoms with Crippen molar-refractivity contribution >= 4 is 39.5 Å². The summed E-state index contributed by atoms with van der Waals surface area (Å²) in [5.41, 5.74) is -0.362. The summed E-state index contributed by atoms with van der Waals surface area (Å²) in [6.07, 6.45) is 11.0. The summed E-state index contributed by atoms with van der Waals surface area (Å²) < 4.78 is 57.3. The molecule has 0 radical (unpaired) electrons. The van der Waals surface area contributed by atoms with Gasteiger partial charge in [-0.25, -0.2) is 18.0 Å². The maximum Gasteiger partial charge on any atom is 0.409 e. The number of halogens is 3. The standard InChI is InChI=1S/C42H44F3N7O5/c1-3-30-33(44)7-4-24-16-29(53)17-31(34(24)30)36-35(45)37-32(18-46-36)38(48-40(47-37)57-23-42(11-12-42)22-49-13-9-26(43)10-14-49)51-20-27-5-6-28(21-51)52(27)39(54)25-8-15-50(19-25)41(55)56-2/h1,4,7,16-18,25-28,53H,5-6,8-15,19-23H2,2H3/t25-,27?,28?/m0/s1. The molecule has 298 valence electrons. The number of aromatic hydroxyl groups is 1. The molecule has 3 atom stereocenters. The van der Waals surface area contributed by atoms with Gasteiger partial charge in [-0.3, -0.25) is 9.78 Å². The Labute approximate surface area is 327 Å². The normalized spacial score (nSPS) is 23.3. The number of likely N-dealkylation sites (tertiary alicyclic amines) is 2. The first-order valence-corrected chi connectivity index (χ1v) is 19.7. The van der Waals surface area contributed by atoms with Gasteiger partial charge in [-0.2, -0.15) is 9.97 Å². The van der Waals surface area contributed by atoms with Crippen molar-refractivity contribution in [2.75, 3.05) is 64.4 Å². The van der Waals surface area contributed by atoms with Gasteiger partial charge in [0.15, 0.2) is 5.82 Å². The summed E-state index contributed by atoms with van der Waals surface area (Å²) in [6.45, 7) is 4.08. The van der Waals surface area contributed by atoms with E-state index in [1.54, 1.807) is 4.90 Å². The van der Waals surface area contributed by atoms with Crippen LogP contribution in [0.3, 0.4) is 0 Å². The number of carbonyl (C=O) groups excluding carboxylic acids is 2. The minimum Gasteiger partial charge on any atom is -0.508 e. The van der Waals surface area contributed by atoms with E-state index in [4.69, 9.17) is 20.9 Å². The Morgan fingerprint density at radius 1 is 1.02 bits per heavy atom. The highest BCUT2D eigenvalue weighted by atomic mass is 19.1. The second-order valence-electron chi connectivity index (χ2n) is 16.3. The van der Waals surface area contributed by atoms with Crippen molar-refractivity contribution in [2.24, 2.45) is 11.3 Å². The molecule has 4 aromatic rings. The molecule has 2 aromatic carbocycles. The van der Waals surface area contributed by atoms with Crippen molar-refractivity contribution in [3.8, 4) is 35.4 Å². The summed E-state index contributed by atoms with van der Waals surface area (Å²) in [6, 6.07) is 5.13. The lowest BCUT2D eigenvalue weighted by Crippen LogP contribution is -2.57. The van der Waals surface area contributed by atoms with Crippen LogP contribution >= 0.6 is 0 Å². The quantitative estimate of drug-likeness (QED) is 0.224. The predicted molar refractivity (Wildman–Crippen MR) is 205 cm³/mol. The topological polar surface area (TPSA) is 124 Å². The van der Waals surface area contributed by atoms with Gasteiger partial charge in [-0.1, -0.05) is 12.0 Å². The van der Waals surface area contributed by atoms with Crippen molar-refractivity contribution < 1.29 is 37.3 Å². The van der Waals surface area contributed by atoms with Crippen molar-refractivity contribution in [2.45, 2.75) is 63.2 Å². The third-order valence-corrected chi connectivity index (χ3v) is 12.6. The van der Waals surface area contributed by atoms with E-state index >= 15 is 8.78 Å². The maximum absolute atomic E-state index is 17.1. The molecule has 2 amide bonds. The molecule has 2 aromatic heterocycles. The lowest BCUT2D eigenvalue weighted by molar-refractivity contribution is -0.138. The Kier molecular flexibility index (Phi) is 9.50. The number of terminal acetylenes is 1. The number of nitrogens with zero attached hydrogens (tertiary/aromatic N) is 7. The number of fused-ring (bicyclic) bond motifs is 4. The highest BCUT2D eigenvalue weighted by molar-refractivity contribution is 6.03. The highest BCUT2D eigenvalue weighted by Crippen LogP contribution is 2.47. The fourth-order valence-corrected chi connectivity index (χ4v) is 9.45. The van der Waals surface area contributed by atoms with E-state index in [0.29, 0.717) is 81.7 Å². The van der Waals surface area contributed by atoms with Gasteiger partial charge in [0, 0.05) is 80.5 Å². The lowest BCUT2D eigenvalue weighted by atomic mass is 9.96. The van der Waals surface area contributed by atoms with Crippen molar-refractivity contribution in [3.63, 3.8) is 0 Å². The van der Waals surface area contributed by atoms with Crippen LogP contribution in [0.4, 0.5) is 23.8 Å². The summed E-state index contributed by atoms with van der Waals surface area (Å²) >= 11 is 0. The van der Waals surface area contributed by atoms with Crippen LogP contribution in [0.5, 0.6) is 11.8 Å². The number of rotatable bonds is 8. The molecule has 5 fully saturated rings. The van der Waals surface area contributed by atoms with Gasteiger partial charge in [0.05, 0.1) is 30.6 Å². The number of hydrogen-bond donors (Lipinski definition) is 1. The number of piperidine rings is 1. The fourth-order valence-electron chi connectivity index (χ4n) is 9.45. The molecule has 4 saturated heterocycles. The molecule has 2 bridgehead atoms. The van der Waals surface area contributed by atoms with E-state index in [0.717, 1.165) is 32.2 Å². The first kappa shape index (κ1) is 37.2. The first-order chi connectivity index (χ1) is 27.5. The fraction of sp³-hybridized carbons (Fsp3) is 0.500. The van der Waals surface area contributed by atoms with E-state index in [2.05, 4.69) is 20.8 Å². The smallest absolute Gasteiger partial charge is 0.409 e. The third-order valence-electron chi connectivity index (χ3n) is 12.6. The van der Waals surface area contributed by atoms with Crippen molar-refractivity contribution in [1.82, 2.24) is 29.7 Å². The number of phenols is 1. The Hall–Kier alpha value is -5.36. The number of carbonyl (C=O) groups is 2. The summed E-state index contributed by atoms with van der Waals surface area (Å²) in [5, 5.41) is 11.6. The molecule has 57 heavy (non-hydrogen) atoms. The van der Waals surface area contributed by atoms with Crippen LogP contribution in [-0.4, -0.2) is 125 Å². The number of anilines is 1. The van der Waals surface area contributed by atoms with Crippen LogP contribution in [0.15, 0.2) is 30.5 Å². The van der Waals surface area contributed by atoms with Crippen molar-refractivity contribution in [3.05, 3.63) is 47.7 Å². The van der Waals surface area contributed by atoms with Crippen LogP contribution in [0.2, 0.25) is 0 Å². The molecule has 12 nitrogen and oxygen atoms in total. The molecular weight excluding hydrogens is 739 g/mol. The van der Waals surface area contributed by atoms with Gasteiger partial charge in [-0.05, 0) is 68.5 Å². The molecule has 9 rings (SSSR count). The second kappa shape index (κ2) is 14.5. The van der Waals surface area contributed by atoms with E-state index in [1.807, 2.05) is 9.80 Å². The Morgan fingerprint density at radius 2 is 1.77 bits per heavy atom. The van der Waals surface area contributed by atoms with Crippen molar-refractivity contribution in [1.29, 1.82) is 0 Å². The number of hydrogen-bond acceptors (Lipinski definition) is 10. The number of phenolic OH excluding ortho intramolecular Hbond substituents is 1. The third kappa shape index (κ3) is 6.81. The Morgan fingerprint density at radius 3 is 2.47 bits per heavy atom. The number of benzene rings is 2. The molecule has 1 N–H and O–H groups in total. The Balaban J connectivity index is 1.07. The molecule has 5 aliphatic rings. The van der Waals surface area contributed by atoms with Gasteiger partial charge in [0.2, 0.25) is 5.91 Å². The molecular formula is C42H44F3N7O5. The molecule has 2 unspecified atom stereocenters. The minimum atomic E-state index is -0.816. The molecule has 15 heteroatoms. The molecule has 6 heterocycles. The number of pyridine rings is 1. The van der Waals surface area contributed by atoms with Crippen LogP contribution in [0.1, 0.15) is 50.5 Å². The number of alkyl halides is 1. The summed E-state index contributed by atoms with van der Waals surface area (Å²) in [4.78, 5) is 48.0. The minimum absolute atomic E-state index is 0.0156. The monoisotopic (exact) mass is 783 g/mol. The van der Waals surface area contributed by atoms with E-state index in [1.165, 1.54) is 37.6 Å². The lowest BCUT2D eigenvalue weighted by Gasteiger charge is -2.42. The SMILES string of the molecule is C#Cc1c(F)ccc2cc(O)cc(-c3ncc4c(N5CC6CCC(C5)N6C(=O)[C@H]5CCN(C(=O)OC)C5)nc(OCC5(CN6CCC(F)CC6)CC5)nc4c3F)c12. The maximum atomic E-state index is 17.1. The molecule has 1 saturated carbocycles. The van der Waals surface area contributed by atoms with Crippen LogP contribution < -0.4 is 9.64 Å². The summed E-state index contributed by atoms with van der Waals surface area (Å²) in [5.74, 6) is 0.843. The van der Waals surface area contributed by atoms with Crippen LogP contribution in [0, 0.1) is 35.3 Å². The number of amides is 2. The number of ether oxygens (including phenoxy) is 2. The van der Waals surface area contributed by atoms with Gasteiger partial charge in [0.1, 0.15) is 34.8 Å². The van der Waals surface area contributed by atoms with Gasteiger partial charge in [0.25, 0.3) is 0 Å². The van der Waals surface area contributed by atoms with Gasteiger partial charge >= 0.3 is 12.1 Å². The Bertz CT molecular complexity index is 2300.